The molecule has 0 N–H and O–H groups in total. The highest BCUT2D eigenvalue weighted by Gasteiger charge is 2.38. The first kappa shape index (κ1) is 17.5. The van der Waals surface area contributed by atoms with Crippen molar-refractivity contribution in [1.82, 2.24) is 4.90 Å². The lowest BCUT2D eigenvalue weighted by Crippen LogP contribution is -2.55. The third kappa shape index (κ3) is 4.72. The lowest BCUT2D eigenvalue weighted by molar-refractivity contribution is -0.159. The third-order valence-corrected chi connectivity index (χ3v) is 3.93. The number of carbonyl (C=O) groups is 3. The lowest BCUT2D eigenvalue weighted by Gasteiger charge is -2.44. The van der Waals surface area contributed by atoms with Crippen molar-refractivity contribution in [2.75, 3.05) is 7.11 Å². The quantitative estimate of drug-likeness (QED) is 0.722. The van der Waals surface area contributed by atoms with Crippen LogP contribution in [0.15, 0.2) is 0 Å². The summed E-state index contributed by atoms with van der Waals surface area (Å²) in [5.74, 6) is -0.771. The van der Waals surface area contributed by atoms with Gasteiger partial charge in [0, 0.05) is 19.9 Å². The number of esters is 2. The van der Waals surface area contributed by atoms with Crippen LogP contribution in [-0.2, 0) is 23.9 Å². The highest BCUT2D eigenvalue weighted by atomic mass is 16.5. The van der Waals surface area contributed by atoms with Crippen molar-refractivity contribution in [2.45, 2.75) is 71.1 Å². The van der Waals surface area contributed by atoms with E-state index in [1.54, 1.807) is 4.90 Å². The molecule has 0 aliphatic carbocycles. The summed E-state index contributed by atoms with van der Waals surface area (Å²) in [7, 11) is 1.34. The van der Waals surface area contributed by atoms with Crippen LogP contribution < -0.4 is 0 Å². The molecule has 120 valence electrons. The molecule has 3 unspecified atom stereocenters. The van der Waals surface area contributed by atoms with Crippen molar-refractivity contribution in [3.63, 3.8) is 0 Å². The van der Waals surface area contributed by atoms with Gasteiger partial charge in [-0.15, -0.1) is 0 Å². The topological polar surface area (TPSA) is 72.9 Å². The number of methoxy groups -OCH3 is 1. The first-order valence-corrected chi connectivity index (χ1v) is 7.43. The van der Waals surface area contributed by atoms with Crippen molar-refractivity contribution in [3.8, 4) is 0 Å². The van der Waals surface area contributed by atoms with Gasteiger partial charge in [-0.25, -0.2) is 0 Å². The highest BCUT2D eigenvalue weighted by Crippen LogP contribution is 2.29. The van der Waals surface area contributed by atoms with Crippen LogP contribution in [0.2, 0.25) is 0 Å². The maximum absolute atomic E-state index is 12.0. The average molecular weight is 299 g/mol. The largest absolute Gasteiger partial charge is 0.469 e. The molecule has 1 heterocycles. The number of ether oxygens (including phenoxy) is 2. The fourth-order valence-electron chi connectivity index (χ4n) is 3.09. The summed E-state index contributed by atoms with van der Waals surface area (Å²) < 4.78 is 10.1. The SMILES string of the molecule is CCC(OC(C)=O)C1CCCC(CC(=O)OC)N1C(C)=O. The zero-order valence-electron chi connectivity index (χ0n) is 13.3. The van der Waals surface area contributed by atoms with E-state index in [2.05, 4.69) is 0 Å². The Morgan fingerprint density at radius 2 is 1.90 bits per heavy atom. The van der Waals surface area contributed by atoms with Gasteiger partial charge in [0.15, 0.2) is 0 Å². The van der Waals surface area contributed by atoms with Crippen molar-refractivity contribution in [1.29, 1.82) is 0 Å². The summed E-state index contributed by atoms with van der Waals surface area (Å²) in [5.41, 5.74) is 0. The van der Waals surface area contributed by atoms with Gasteiger partial charge in [-0.3, -0.25) is 14.4 Å². The molecule has 6 heteroatoms. The van der Waals surface area contributed by atoms with E-state index in [9.17, 15) is 14.4 Å². The van der Waals surface area contributed by atoms with E-state index >= 15 is 0 Å². The van der Waals surface area contributed by atoms with Crippen LogP contribution in [0.5, 0.6) is 0 Å². The Morgan fingerprint density at radius 3 is 2.38 bits per heavy atom. The van der Waals surface area contributed by atoms with Crippen LogP contribution in [0.1, 0.15) is 52.9 Å². The maximum Gasteiger partial charge on any atom is 0.307 e. The Morgan fingerprint density at radius 1 is 1.24 bits per heavy atom. The molecule has 0 saturated carbocycles. The second kappa shape index (κ2) is 8.00. The summed E-state index contributed by atoms with van der Waals surface area (Å²) in [6.45, 7) is 4.79. The molecular formula is C15H25NO5. The molecule has 0 aromatic carbocycles. The Bertz CT molecular complexity index is 396. The molecule has 1 aliphatic heterocycles. The number of likely N-dealkylation sites (tertiary alicyclic amines) is 1. The van der Waals surface area contributed by atoms with E-state index in [4.69, 9.17) is 9.47 Å². The van der Waals surface area contributed by atoms with Crippen molar-refractivity contribution < 1.29 is 23.9 Å². The van der Waals surface area contributed by atoms with E-state index in [1.807, 2.05) is 6.92 Å². The summed E-state index contributed by atoms with van der Waals surface area (Å²) in [6.07, 6.45) is 2.94. The predicted octanol–water partition coefficient (Wildman–Crippen LogP) is 1.66. The molecule has 1 aliphatic rings. The van der Waals surface area contributed by atoms with E-state index in [1.165, 1.54) is 21.0 Å². The minimum atomic E-state index is -0.347. The maximum atomic E-state index is 12.0. The van der Waals surface area contributed by atoms with Gasteiger partial charge < -0.3 is 14.4 Å². The van der Waals surface area contributed by atoms with Gasteiger partial charge in [-0.2, -0.15) is 0 Å². The van der Waals surface area contributed by atoms with Gasteiger partial charge in [0.05, 0.1) is 19.6 Å². The standard InChI is InChI=1S/C15H25NO5/c1-5-14(21-11(3)18)13-8-6-7-12(9-15(19)20-4)16(13)10(2)17/h12-14H,5-9H2,1-4H3. The zero-order valence-corrected chi connectivity index (χ0v) is 13.3. The second-order valence-electron chi connectivity index (χ2n) is 5.41. The van der Waals surface area contributed by atoms with Gasteiger partial charge >= 0.3 is 11.9 Å². The number of amides is 1. The molecule has 0 radical (unpaired) electrons. The number of nitrogens with zero attached hydrogens (tertiary/aromatic N) is 1. The number of rotatable bonds is 5. The molecule has 0 spiro atoms. The lowest BCUT2D eigenvalue weighted by atomic mass is 9.89. The molecule has 1 saturated heterocycles. The molecular weight excluding hydrogens is 274 g/mol. The molecule has 0 bridgehead atoms. The number of hydrogen-bond donors (Lipinski definition) is 0. The van der Waals surface area contributed by atoms with Crippen molar-refractivity contribution in [2.24, 2.45) is 0 Å². The van der Waals surface area contributed by atoms with Crippen molar-refractivity contribution >= 4 is 17.8 Å². The molecule has 6 nitrogen and oxygen atoms in total. The summed E-state index contributed by atoms with van der Waals surface area (Å²) in [6, 6.07) is -0.349. The van der Waals surface area contributed by atoms with Crippen molar-refractivity contribution in [3.05, 3.63) is 0 Å². The van der Waals surface area contributed by atoms with Gasteiger partial charge in [-0.1, -0.05) is 6.92 Å². The number of carbonyl (C=O) groups excluding carboxylic acids is 3. The van der Waals surface area contributed by atoms with Gasteiger partial charge in [0.1, 0.15) is 6.10 Å². The summed E-state index contributed by atoms with van der Waals surface area (Å²) in [5, 5.41) is 0. The minimum Gasteiger partial charge on any atom is -0.469 e. The van der Waals surface area contributed by atoms with Crippen LogP contribution in [0, 0.1) is 0 Å². The van der Waals surface area contributed by atoms with Gasteiger partial charge in [0.2, 0.25) is 5.91 Å². The van der Waals surface area contributed by atoms with Gasteiger partial charge in [-0.05, 0) is 25.7 Å². The fourth-order valence-corrected chi connectivity index (χ4v) is 3.09. The summed E-state index contributed by atoms with van der Waals surface area (Å²) in [4.78, 5) is 36.5. The van der Waals surface area contributed by atoms with E-state index in [-0.39, 0.29) is 42.5 Å². The molecule has 3 atom stereocenters. The first-order valence-electron chi connectivity index (χ1n) is 7.43. The van der Waals surface area contributed by atoms with Crippen LogP contribution in [0.3, 0.4) is 0 Å². The monoisotopic (exact) mass is 299 g/mol. The Kier molecular flexibility index (Phi) is 6.65. The fraction of sp³-hybridized carbons (Fsp3) is 0.800. The molecule has 1 amide bonds. The molecule has 1 rings (SSSR count). The minimum absolute atomic E-state index is 0.0980. The molecule has 0 aromatic rings. The third-order valence-electron chi connectivity index (χ3n) is 3.93. The van der Waals surface area contributed by atoms with E-state index in [0.717, 1.165) is 19.3 Å². The van der Waals surface area contributed by atoms with E-state index < -0.39 is 0 Å². The number of piperidine rings is 1. The van der Waals surface area contributed by atoms with Crippen LogP contribution in [0.4, 0.5) is 0 Å². The van der Waals surface area contributed by atoms with Gasteiger partial charge in [0.25, 0.3) is 0 Å². The normalized spacial score (nSPS) is 23.3. The first-order chi connectivity index (χ1) is 9.90. The molecule has 0 aromatic heterocycles. The highest BCUT2D eigenvalue weighted by molar-refractivity contribution is 5.76. The molecule has 21 heavy (non-hydrogen) atoms. The molecule has 1 fully saturated rings. The predicted molar refractivity (Wildman–Crippen MR) is 76.4 cm³/mol. The van der Waals surface area contributed by atoms with Crippen LogP contribution in [-0.4, -0.2) is 48.0 Å². The Balaban J connectivity index is 2.92. The Labute approximate surface area is 125 Å². The van der Waals surface area contributed by atoms with Crippen LogP contribution >= 0.6 is 0 Å². The van der Waals surface area contributed by atoms with Crippen LogP contribution in [0.25, 0.3) is 0 Å². The number of hydrogen-bond acceptors (Lipinski definition) is 5. The zero-order chi connectivity index (χ0) is 16.0. The average Bonchev–Trinajstić information content (AvgIpc) is 2.43. The van der Waals surface area contributed by atoms with E-state index in [0.29, 0.717) is 6.42 Å². The summed E-state index contributed by atoms with van der Waals surface area (Å²) >= 11 is 0. The Hall–Kier alpha value is -1.59. The second-order valence-corrected chi connectivity index (χ2v) is 5.41. The smallest absolute Gasteiger partial charge is 0.307 e.